The number of nitrogens with one attached hydrogen (secondary N) is 2. The van der Waals surface area contributed by atoms with Crippen molar-refractivity contribution in [1.29, 1.82) is 0 Å². The Balaban J connectivity index is 1.71. The Kier molecular flexibility index (Phi) is 5.50. The lowest BCUT2D eigenvalue weighted by Crippen LogP contribution is -2.48. The first-order valence-corrected chi connectivity index (χ1v) is 9.10. The lowest BCUT2D eigenvalue weighted by atomic mass is 10.1. The fourth-order valence-electron chi connectivity index (χ4n) is 2.58. The molecule has 2 N–H and O–H groups in total. The molecule has 1 aliphatic rings. The van der Waals surface area contributed by atoms with Crippen LogP contribution in [0.15, 0.2) is 24.3 Å². The molecule has 0 spiro atoms. The van der Waals surface area contributed by atoms with Crippen LogP contribution in [0.5, 0.6) is 0 Å². The molecule has 2 aromatic rings. The zero-order chi connectivity index (χ0) is 17.1. The first-order chi connectivity index (χ1) is 11.5. The standard InChI is InChI=1S/C17H20ClN3O2S/c1-10(20-16(22)14-9-19-7-8-23-14)17-21-15(11(2)24-17)12-3-5-13(18)6-4-12/h3-6,10,14,19H,7-9H2,1-2H3,(H,20,22). The Hall–Kier alpha value is -1.47. The van der Waals surface area contributed by atoms with Crippen LogP contribution in [0.2, 0.25) is 5.02 Å². The molecular weight excluding hydrogens is 346 g/mol. The van der Waals surface area contributed by atoms with Gasteiger partial charge >= 0.3 is 0 Å². The largest absolute Gasteiger partial charge is 0.366 e. The second-order valence-corrected chi connectivity index (χ2v) is 7.43. The third kappa shape index (κ3) is 3.95. The predicted octanol–water partition coefficient (Wildman–Crippen LogP) is 2.94. The minimum Gasteiger partial charge on any atom is -0.366 e. The molecule has 1 aromatic heterocycles. The van der Waals surface area contributed by atoms with Gasteiger partial charge < -0.3 is 15.4 Å². The number of morpholine rings is 1. The summed E-state index contributed by atoms with van der Waals surface area (Å²) >= 11 is 7.54. The van der Waals surface area contributed by atoms with Gasteiger partial charge in [0.25, 0.3) is 5.91 Å². The summed E-state index contributed by atoms with van der Waals surface area (Å²) in [4.78, 5) is 18.1. The summed E-state index contributed by atoms with van der Waals surface area (Å²) in [5, 5.41) is 7.73. The minimum absolute atomic E-state index is 0.101. The van der Waals surface area contributed by atoms with Gasteiger partial charge in [-0.1, -0.05) is 23.7 Å². The third-order valence-electron chi connectivity index (χ3n) is 3.88. The quantitative estimate of drug-likeness (QED) is 0.874. The van der Waals surface area contributed by atoms with E-state index in [0.717, 1.165) is 27.7 Å². The number of thiazole rings is 1. The fourth-order valence-corrected chi connectivity index (χ4v) is 3.65. The lowest BCUT2D eigenvalue weighted by Gasteiger charge is -2.24. The van der Waals surface area contributed by atoms with E-state index in [0.29, 0.717) is 18.2 Å². The molecule has 1 aliphatic heterocycles. The summed E-state index contributed by atoms with van der Waals surface area (Å²) in [5.74, 6) is -0.101. The zero-order valence-corrected chi connectivity index (χ0v) is 15.2. The molecule has 3 rings (SSSR count). The smallest absolute Gasteiger partial charge is 0.251 e. The highest BCUT2D eigenvalue weighted by Crippen LogP contribution is 2.31. The average Bonchev–Trinajstić information content (AvgIpc) is 2.98. The molecule has 2 unspecified atom stereocenters. The maximum Gasteiger partial charge on any atom is 0.251 e. The monoisotopic (exact) mass is 365 g/mol. The highest BCUT2D eigenvalue weighted by molar-refractivity contribution is 7.12. The van der Waals surface area contributed by atoms with Gasteiger partial charge in [-0.25, -0.2) is 4.98 Å². The maximum atomic E-state index is 12.3. The Morgan fingerprint density at radius 3 is 2.88 bits per heavy atom. The number of hydrogen-bond donors (Lipinski definition) is 2. The van der Waals surface area contributed by atoms with Gasteiger partial charge in [0.15, 0.2) is 0 Å². The number of halogens is 1. The molecule has 0 radical (unpaired) electrons. The van der Waals surface area contributed by atoms with Gasteiger partial charge in [-0.2, -0.15) is 0 Å². The second-order valence-electron chi connectivity index (χ2n) is 5.76. The Labute approximate surface area is 150 Å². The summed E-state index contributed by atoms with van der Waals surface area (Å²) in [6.07, 6.45) is -0.432. The molecule has 1 amide bonds. The van der Waals surface area contributed by atoms with Crippen LogP contribution in [0.1, 0.15) is 22.9 Å². The van der Waals surface area contributed by atoms with Crippen molar-refractivity contribution in [3.05, 3.63) is 39.2 Å². The molecule has 7 heteroatoms. The molecule has 0 aliphatic carbocycles. The summed E-state index contributed by atoms with van der Waals surface area (Å²) in [6, 6.07) is 7.47. The molecule has 128 valence electrons. The molecule has 5 nitrogen and oxygen atoms in total. The minimum atomic E-state index is -0.432. The first kappa shape index (κ1) is 17.4. The van der Waals surface area contributed by atoms with Gasteiger partial charge in [0.05, 0.1) is 18.3 Å². The van der Waals surface area contributed by atoms with Crippen molar-refractivity contribution in [3.8, 4) is 11.3 Å². The fraction of sp³-hybridized carbons (Fsp3) is 0.412. The lowest BCUT2D eigenvalue weighted by molar-refractivity contribution is -0.134. The van der Waals surface area contributed by atoms with Crippen molar-refractivity contribution in [2.75, 3.05) is 19.7 Å². The number of benzene rings is 1. The third-order valence-corrected chi connectivity index (χ3v) is 5.29. The summed E-state index contributed by atoms with van der Waals surface area (Å²) in [6.45, 7) is 5.87. The van der Waals surface area contributed by atoms with Crippen molar-refractivity contribution in [2.45, 2.75) is 26.0 Å². The summed E-state index contributed by atoms with van der Waals surface area (Å²) < 4.78 is 5.48. The van der Waals surface area contributed by atoms with Gasteiger partial charge in [0.2, 0.25) is 0 Å². The topological polar surface area (TPSA) is 63.2 Å². The van der Waals surface area contributed by atoms with Crippen LogP contribution < -0.4 is 10.6 Å². The number of aromatic nitrogens is 1. The van der Waals surface area contributed by atoms with E-state index in [-0.39, 0.29) is 11.9 Å². The molecule has 2 heterocycles. The number of rotatable bonds is 4. The molecular formula is C17H20ClN3O2S. The molecule has 24 heavy (non-hydrogen) atoms. The van der Waals surface area contributed by atoms with Crippen LogP contribution in [0.3, 0.4) is 0 Å². The van der Waals surface area contributed by atoms with Crippen LogP contribution in [0.4, 0.5) is 0 Å². The van der Waals surface area contributed by atoms with Gasteiger partial charge in [-0.3, -0.25) is 4.79 Å². The molecule has 2 atom stereocenters. The van der Waals surface area contributed by atoms with E-state index < -0.39 is 6.10 Å². The Bertz CT molecular complexity index is 711. The Morgan fingerprint density at radius 2 is 2.21 bits per heavy atom. The van der Waals surface area contributed by atoms with Crippen LogP contribution in [0, 0.1) is 6.92 Å². The van der Waals surface area contributed by atoms with Gasteiger partial charge in [0, 0.05) is 28.6 Å². The Morgan fingerprint density at radius 1 is 1.46 bits per heavy atom. The molecule has 1 aromatic carbocycles. The van der Waals surface area contributed by atoms with Crippen molar-refractivity contribution < 1.29 is 9.53 Å². The first-order valence-electron chi connectivity index (χ1n) is 7.90. The van der Waals surface area contributed by atoms with Gasteiger partial charge in [0.1, 0.15) is 11.1 Å². The predicted molar refractivity (Wildman–Crippen MR) is 96.5 cm³/mol. The molecule has 1 fully saturated rings. The number of carbonyl (C=O) groups excluding carboxylic acids is 1. The summed E-state index contributed by atoms with van der Waals surface area (Å²) in [5.41, 5.74) is 1.96. The second kappa shape index (κ2) is 7.61. The average molecular weight is 366 g/mol. The highest BCUT2D eigenvalue weighted by Gasteiger charge is 2.24. The molecule has 0 bridgehead atoms. The van der Waals surface area contributed by atoms with Crippen molar-refractivity contribution in [3.63, 3.8) is 0 Å². The van der Waals surface area contributed by atoms with Crippen LogP contribution in [-0.2, 0) is 9.53 Å². The SMILES string of the molecule is Cc1sc(C(C)NC(=O)C2CNCCO2)nc1-c1ccc(Cl)cc1. The molecule has 1 saturated heterocycles. The normalized spacial score (nSPS) is 19.0. The van der Waals surface area contributed by atoms with E-state index in [2.05, 4.69) is 10.6 Å². The maximum absolute atomic E-state index is 12.3. The van der Waals surface area contributed by atoms with E-state index in [1.807, 2.05) is 38.1 Å². The van der Waals surface area contributed by atoms with Crippen LogP contribution >= 0.6 is 22.9 Å². The highest BCUT2D eigenvalue weighted by atomic mass is 35.5. The number of aryl methyl sites for hydroxylation is 1. The number of hydrogen-bond acceptors (Lipinski definition) is 5. The molecule has 0 saturated carbocycles. The van der Waals surface area contributed by atoms with Gasteiger partial charge in [-0.15, -0.1) is 11.3 Å². The van der Waals surface area contributed by atoms with Crippen molar-refractivity contribution in [1.82, 2.24) is 15.6 Å². The van der Waals surface area contributed by atoms with E-state index in [4.69, 9.17) is 21.3 Å². The van der Waals surface area contributed by atoms with E-state index in [1.165, 1.54) is 0 Å². The van der Waals surface area contributed by atoms with Crippen molar-refractivity contribution >= 4 is 28.8 Å². The number of carbonyl (C=O) groups is 1. The van der Waals surface area contributed by atoms with Gasteiger partial charge in [-0.05, 0) is 26.0 Å². The summed E-state index contributed by atoms with van der Waals surface area (Å²) in [7, 11) is 0. The van der Waals surface area contributed by atoms with E-state index in [9.17, 15) is 4.79 Å². The van der Waals surface area contributed by atoms with E-state index in [1.54, 1.807) is 11.3 Å². The zero-order valence-electron chi connectivity index (χ0n) is 13.6. The number of amides is 1. The number of nitrogens with zero attached hydrogens (tertiary/aromatic N) is 1. The van der Waals surface area contributed by atoms with Crippen molar-refractivity contribution in [2.24, 2.45) is 0 Å². The van der Waals surface area contributed by atoms with E-state index >= 15 is 0 Å². The number of ether oxygens (including phenoxy) is 1. The van der Waals surface area contributed by atoms with Crippen LogP contribution in [-0.4, -0.2) is 36.7 Å². The van der Waals surface area contributed by atoms with Crippen LogP contribution in [0.25, 0.3) is 11.3 Å².